The van der Waals surface area contributed by atoms with E-state index in [4.69, 9.17) is 23.2 Å². The molecular weight excluding hydrogens is 485 g/mol. The van der Waals surface area contributed by atoms with E-state index in [0.29, 0.717) is 28.5 Å². The topological polar surface area (TPSA) is 90.4 Å². The van der Waals surface area contributed by atoms with Gasteiger partial charge < -0.3 is 15.2 Å². The van der Waals surface area contributed by atoms with E-state index in [1.165, 1.54) is 5.57 Å². The smallest absolute Gasteiger partial charge is 0.255 e. The maximum atomic E-state index is 13.3. The van der Waals surface area contributed by atoms with Crippen molar-refractivity contribution in [1.82, 2.24) is 20.2 Å². The Labute approximate surface area is 213 Å². The molecule has 180 valence electrons. The van der Waals surface area contributed by atoms with Gasteiger partial charge in [0.05, 0.1) is 33.7 Å². The maximum Gasteiger partial charge on any atom is 0.255 e. The van der Waals surface area contributed by atoms with E-state index < -0.39 is 0 Å². The Hall–Kier alpha value is -3.16. The standard InChI is InChI=1S/C26H25Cl2N5O2/c1-15(24-31-21-7-5-18(27)14-22(21)32-24)30-25(34)17-4-6-19(20(28)13-17)26(35)33-12-2-3-23(33)16-8-10-29-11-9-16/h4-8,10,13-15,23H,2-3,9,11-12H2,1H3,(H,30,34)(H,31,32). The van der Waals surface area contributed by atoms with Crippen LogP contribution >= 0.6 is 23.2 Å². The second-order valence-electron chi connectivity index (χ2n) is 8.88. The van der Waals surface area contributed by atoms with Crippen molar-refractivity contribution in [3.05, 3.63) is 75.0 Å². The lowest BCUT2D eigenvalue weighted by atomic mass is 9.99. The fourth-order valence-electron chi connectivity index (χ4n) is 4.71. The second kappa shape index (κ2) is 9.84. The van der Waals surface area contributed by atoms with E-state index in [1.807, 2.05) is 30.2 Å². The van der Waals surface area contributed by atoms with Crippen molar-refractivity contribution < 1.29 is 9.59 Å². The van der Waals surface area contributed by atoms with Crippen molar-refractivity contribution in [2.24, 2.45) is 4.99 Å². The number of nitrogens with one attached hydrogen (secondary N) is 2. The number of amides is 2. The lowest BCUT2D eigenvalue weighted by molar-refractivity contribution is 0.0753. The summed E-state index contributed by atoms with van der Waals surface area (Å²) >= 11 is 12.5. The van der Waals surface area contributed by atoms with E-state index in [0.717, 1.165) is 36.8 Å². The predicted octanol–water partition coefficient (Wildman–Crippen LogP) is 5.37. The molecule has 1 saturated heterocycles. The third-order valence-corrected chi connectivity index (χ3v) is 7.10. The van der Waals surface area contributed by atoms with Gasteiger partial charge in [0, 0.05) is 29.9 Å². The number of halogens is 2. The first-order valence-electron chi connectivity index (χ1n) is 11.7. The van der Waals surface area contributed by atoms with Gasteiger partial charge in [-0.2, -0.15) is 0 Å². The summed E-state index contributed by atoms with van der Waals surface area (Å²) in [7, 11) is 0. The van der Waals surface area contributed by atoms with Crippen LogP contribution in [0.5, 0.6) is 0 Å². The Balaban J connectivity index is 1.29. The zero-order valence-electron chi connectivity index (χ0n) is 19.2. The van der Waals surface area contributed by atoms with Gasteiger partial charge >= 0.3 is 0 Å². The van der Waals surface area contributed by atoms with Crippen LogP contribution in [-0.4, -0.2) is 52.0 Å². The first-order chi connectivity index (χ1) is 16.9. The number of fused-ring (bicyclic) bond motifs is 1. The summed E-state index contributed by atoms with van der Waals surface area (Å²) in [5.41, 5.74) is 3.59. The fourth-order valence-corrected chi connectivity index (χ4v) is 5.14. The molecule has 5 rings (SSSR count). The van der Waals surface area contributed by atoms with Gasteiger partial charge in [-0.3, -0.25) is 14.6 Å². The van der Waals surface area contributed by atoms with Crippen LogP contribution in [0.1, 0.15) is 58.8 Å². The minimum Gasteiger partial charge on any atom is -0.342 e. The zero-order valence-corrected chi connectivity index (χ0v) is 20.7. The Morgan fingerprint density at radius 3 is 2.83 bits per heavy atom. The Bertz CT molecular complexity index is 1360. The van der Waals surface area contributed by atoms with Gasteiger partial charge in [0.15, 0.2) is 0 Å². The molecule has 1 aromatic heterocycles. The predicted molar refractivity (Wildman–Crippen MR) is 139 cm³/mol. The molecule has 9 heteroatoms. The largest absolute Gasteiger partial charge is 0.342 e. The lowest BCUT2D eigenvalue weighted by Gasteiger charge is -2.28. The van der Waals surface area contributed by atoms with Crippen LogP contribution in [0.3, 0.4) is 0 Å². The van der Waals surface area contributed by atoms with E-state index >= 15 is 0 Å². The number of imidazole rings is 1. The number of aliphatic imine (C=N–C) groups is 1. The molecule has 3 heterocycles. The maximum absolute atomic E-state index is 13.3. The van der Waals surface area contributed by atoms with Gasteiger partial charge in [0.1, 0.15) is 5.82 Å². The van der Waals surface area contributed by atoms with Crippen molar-refractivity contribution in [3.8, 4) is 0 Å². The minimum absolute atomic E-state index is 0.0767. The highest BCUT2D eigenvalue weighted by atomic mass is 35.5. The van der Waals surface area contributed by atoms with Gasteiger partial charge in [-0.05, 0) is 74.2 Å². The quantitative estimate of drug-likeness (QED) is 0.484. The molecular formula is C26H25Cl2N5O2. The number of carbonyl (C=O) groups is 2. The number of likely N-dealkylation sites (tertiary alicyclic amines) is 1. The van der Waals surface area contributed by atoms with E-state index in [1.54, 1.807) is 30.3 Å². The molecule has 2 amide bonds. The number of rotatable bonds is 5. The van der Waals surface area contributed by atoms with Crippen LogP contribution in [0.2, 0.25) is 10.0 Å². The van der Waals surface area contributed by atoms with Gasteiger partial charge in [-0.1, -0.05) is 23.2 Å². The van der Waals surface area contributed by atoms with E-state index in [2.05, 4.69) is 20.3 Å². The highest BCUT2D eigenvalue weighted by Crippen LogP contribution is 2.30. The summed E-state index contributed by atoms with van der Waals surface area (Å²) in [6.45, 7) is 3.29. The van der Waals surface area contributed by atoms with Crippen molar-refractivity contribution in [3.63, 3.8) is 0 Å². The van der Waals surface area contributed by atoms with E-state index in [-0.39, 0.29) is 28.9 Å². The Morgan fingerprint density at radius 1 is 1.20 bits per heavy atom. The number of hydrogen-bond acceptors (Lipinski definition) is 4. The molecule has 1 fully saturated rings. The van der Waals surface area contributed by atoms with Crippen LogP contribution in [0.15, 0.2) is 53.0 Å². The lowest BCUT2D eigenvalue weighted by Crippen LogP contribution is -2.37. The summed E-state index contributed by atoms with van der Waals surface area (Å²) in [6, 6.07) is 9.93. The molecule has 0 spiro atoms. The molecule has 0 bridgehead atoms. The van der Waals surface area contributed by atoms with Crippen LogP contribution in [0.4, 0.5) is 0 Å². The number of hydrogen-bond donors (Lipinski definition) is 2. The third kappa shape index (κ3) is 4.83. The highest BCUT2D eigenvalue weighted by molar-refractivity contribution is 6.34. The summed E-state index contributed by atoms with van der Waals surface area (Å²) in [5, 5.41) is 3.79. The fraction of sp³-hybridized carbons (Fsp3) is 0.308. The molecule has 0 saturated carbocycles. The van der Waals surface area contributed by atoms with Crippen molar-refractivity contribution >= 4 is 52.3 Å². The summed E-state index contributed by atoms with van der Waals surface area (Å²) in [4.78, 5) is 40.1. The highest BCUT2D eigenvalue weighted by Gasteiger charge is 2.33. The average molecular weight is 510 g/mol. The number of dihydropyridines is 1. The number of allylic oxidation sites excluding steroid dienone is 1. The van der Waals surface area contributed by atoms with Crippen molar-refractivity contribution in [2.75, 3.05) is 13.1 Å². The van der Waals surface area contributed by atoms with Crippen LogP contribution in [0.25, 0.3) is 11.0 Å². The van der Waals surface area contributed by atoms with Gasteiger partial charge in [-0.15, -0.1) is 0 Å². The van der Waals surface area contributed by atoms with Crippen LogP contribution in [0, 0.1) is 0 Å². The van der Waals surface area contributed by atoms with Crippen molar-refractivity contribution in [1.29, 1.82) is 0 Å². The molecule has 2 aliphatic heterocycles. The van der Waals surface area contributed by atoms with E-state index in [9.17, 15) is 9.59 Å². The molecule has 3 aromatic rings. The molecule has 2 unspecified atom stereocenters. The molecule has 0 radical (unpaired) electrons. The number of H-pyrrole nitrogens is 1. The second-order valence-corrected chi connectivity index (χ2v) is 9.72. The number of nitrogens with zero attached hydrogens (tertiary/aromatic N) is 3. The molecule has 2 N–H and O–H groups in total. The molecule has 2 atom stereocenters. The molecule has 2 aliphatic rings. The van der Waals surface area contributed by atoms with Gasteiger partial charge in [0.25, 0.3) is 11.8 Å². The number of benzene rings is 2. The Kier molecular flexibility index (Phi) is 6.62. The molecule has 7 nitrogen and oxygen atoms in total. The summed E-state index contributed by atoms with van der Waals surface area (Å²) in [5.74, 6) is 0.209. The zero-order chi connectivity index (χ0) is 24.5. The summed E-state index contributed by atoms with van der Waals surface area (Å²) < 4.78 is 0. The van der Waals surface area contributed by atoms with Crippen molar-refractivity contribution in [2.45, 2.75) is 38.3 Å². The monoisotopic (exact) mass is 509 g/mol. The average Bonchev–Trinajstić information content (AvgIpc) is 3.51. The minimum atomic E-state index is -0.369. The third-order valence-electron chi connectivity index (χ3n) is 6.55. The molecule has 2 aromatic carbocycles. The number of aromatic amines is 1. The Morgan fingerprint density at radius 2 is 2.06 bits per heavy atom. The molecule has 0 aliphatic carbocycles. The summed E-state index contributed by atoms with van der Waals surface area (Å²) in [6.07, 6.45) is 6.60. The first kappa shape index (κ1) is 23.6. The normalized spacial score (nSPS) is 18.5. The van der Waals surface area contributed by atoms with Crippen LogP contribution < -0.4 is 5.32 Å². The van der Waals surface area contributed by atoms with Gasteiger partial charge in [-0.25, -0.2) is 4.98 Å². The van der Waals surface area contributed by atoms with Gasteiger partial charge in [0.2, 0.25) is 0 Å². The SMILES string of the molecule is CC(NC(=O)c1ccc(C(=O)N2CCCC2C2=CC=NCC2)c(Cl)c1)c1nc2cc(Cl)ccc2[nH]1. The number of aromatic nitrogens is 2. The van der Waals surface area contributed by atoms with Crippen LogP contribution in [-0.2, 0) is 0 Å². The molecule has 35 heavy (non-hydrogen) atoms. The first-order valence-corrected chi connectivity index (χ1v) is 12.4. The number of carbonyl (C=O) groups excluding carboxylic acids is 2.